The van der Waals surface area contributed by atoms with E-state index in [0.29, 0.717) is 22.2 Å². The van der Waals surface area contributed by atoms with Crippen LogP contribution in [0.1, 0.15) is 10.4 Å². The Balaban J connectivity index is 1.61. The number of thiazole rings is 1. The zero-order chi connectivity index (χ0) is 15.1. The van der Waals surface area contributed by atoms with Gasteiger partial charge >= 0.3 is 0 Å². The number of aromatic nitrogens is 1. The van der Waals surface area contributed by atoms with Crippen LogP contribution in [0, 0.1) is 0 Å². The molecule has 0 bridgehead atoms. The smallest absolute Gasteiger partial charge is 0.257 e. The monoisotopic (exact) mass is 376 g/mol. The summed E-state index contributed by atoms with van der Waals surface area (Å²) in [5.74, 6) is 1.21. The molecule has 0 unspecified atom stereocenters. The molecule has 7 heteroatoms. The number of fused-ring (bicyclic) bond motifs is 2. The maximum atomic E-state index is 12.2. The number of hydrogen-bond donors (Lipinski definition) is 1. The van der Waals surface area contributed by atoms with Gasteiger partial charge in [0, 0.05) is 22.2 Å². The van der Waals surface area contributed by atoms with Gasteiger partial charge in [-0.25, -0.2) is 4.98 Å². The first-order valence-corrected chi connectivity index (χ1v) is 8.07. The van der Waals surface area contributed by atoms with Crippen LogP contribution >= 0.6 is 27.3 Å². The molecular formula is C15H9BrN2O3S. The first-order valence-electron chi connectivity index (χ1n) is 6.46. The lowest BCUT2D eigenvalue weighted by Crippen LogP contribution is -2.11. The van der Waals surface area contributed by atoms with Crippen LogP contribution in [0.15, 0.2) is 40.9 Å². The van der Waals surface area contributed by atoms with E-state index in [-0.39, 0.29) is 12.7 Å². The van der Waals surface area contributed by atoms with Crippen molar-refractivity contribution in [3.8, 4) is 11.5 Å². The Kier molecular flexibility index (Phi) is 3.24. The van der Waals surface area contributed by atoms with E-state index in [1.165, 1.54) is 11.3 Å². The minimum Gasteiger partial charge on any atom is -0.454 e. The number of carbonyl (C=O) groups is 1. The lowest BCUT2D eigenvalue weighted by Gasteiger charge is -2.01. The normalized spacial score (nSPS) is 12.6. The molecule has 1 N–H and O–H groups in total. The molecule has 1 amide bonds. The molecule has 5 nitrogen and oxygen atoms in total. The van der Waals surface area contributed by atoms with Crippen LogP contribution in [-0.4, -0.2) is 17.7 Å². The van der Waals surface area contributed by atoms with Crippen LogP contribution in [0.2, 0.25) is 0 Å². The van der Waals surface area contributed by atoms with Gasteiger partial charge in [-0.05, 0) is 24.3 Å². The first kappa shape index (κ1) is 13.5. The van der Waals surface area contributed by atoms with E-state index in [0.717, 1.165) is 14.7 Å². The van der Waals surface area contributed by atoms with E-state index in [4.69, 9.17) is 9.47 Å². The van der Waals surface area contributed by atoms with Crippen molar-refractivity contribution < 1.29 is 14.3 Å². The van der Waals surface area contributed by atoms with E-state index < -0.39 is 0 Å². The number of benzene rings is 2. The summed E-state index contributed by atoms with van der Waals surface area (Å²) >= 11 is 4.75. The molecule has 1 aromatic heterocycles. The lowest BCUT2D eigenvalue weighted by molar-refractivity contribution is 0.102. The highest BCUT2D eigenvalue weighted by Gasteiger charge is 2.17. The zero-order valence-corrected chi connectivity index (χ0v) is 13.5. The molecular weight excluding hydrogens is 368 g/mol. The van der Waals surface area contributed by atoms with E-state index in [2.05, 4.69) is 26.2 Å². The predicted molar refractivity (Wildman–Crippen MR) is 87.8 cm³/mol. The summed E-state index contributed by atoms with van der Waals surface area (Å²) in [6, 6.07) is 10.9. The summed E-state index contributed by atoms with van der Waals surface area (Å²) < 4.78 is 12.5. The van der Waals surface area contributed by atoms with Crippen molar-refractivity contribution in [2.75, 3.05) is 12.1 Å². The number of rotatable bonds is 2. The van der Waals surface area contributed by atoms with Crippen LogP contribution in [-0.2, 0) is 0 Å². The molecule has 0 radical (unpaired) electrons. The van der Waals surface area contributed by atoms with Crippen LogP contribution < -0.4 is 14.8 Å². The maximum absolute atomic E-state index is 12.2. The molecule has 2 aromatic carbocycles. The molecule has 110 valence electrons. The Morgan fingerprint density at radius 2 is 1.91 bits per heavy atom. The van der Waals surface area contributed by atoms with Crippen molar-refractivity contribution in [3.05, 3.63) is 46.4 Å². The number of carbonyl (C=O) groups excluding carboxylic acids is 1. The fourth-order valence-corrected chi connectivity index (χ4v) is 3.28. The quantitative estimate of drug-likeness (QED) is 0.732. The molecule has 0 saturated heterocycles. The Labute approximate surface area is 138 Å². The fraction of sp³-hybridized carbons (Fsp3) is 0.0667. The Hall–Kier alpha value is -2.12. The molecule has 3 aromatic rings. The molecule has 1 aliphatic rings. The summed E-state index contributed by atoms with van der Waals surface area (Å²) in [5, 5.41) is 3.36. The second-order valence-corrected chi connectivity index (χ2v) is 6.60. The second-order valence-electron chi connectivity index (χ2n) is 4.65. The largest absolute Gasteiger partial charge is 0.454 e. The van der Waals surface area contributed by atoms with Crippen LogP contribution in [0.5, 0.6) is 11.5 Å². The summed E-state index contributed by atoms with van der Waals surface area (Å²) in [7, 11) is 0. The minimum absolute atomic E-state index is 0.188. The highest BCUT2D eigenvalue weighted by Crippen LogP contribution is 2.39. The number of anilines is 1. The highest BCUT2D eigenvalue weighted by atomic mass is 79.9. The Morgan fingerprint density at radius 3 is 2.68 bits per heavy atom. The average Bonchev–Trinajstić information content (AvgIpc) is 3.10. The number of ether oxygens (including phenoxy) is 2. The van der Waals surface area contributed by atoms with E-state index in [1.807, 2.05) is 24.3 Å². The number of amides is 1. The van der Waals surface area contributed by atoms with Gasteiger partial charge < -0.3 is 9.47 Å². The molecule has 0 fully saturated rings. The second kappa shape index (κ2) is 5.26. The molecule has 4 rings (SSSR count). The molecule has 0 saturated carbocycles. The number of hydrogen-bond acceptors (Lipinski definition) is 5. The summed E-state index contributed by atoms with van der Waals surface area (Å²) in [4.78, 5) is 16.6. The van der Waals surface area contributed by atoms with Crippen LogP contribution in [0.25, 0.3) is 10.2 Å². The first-order chi connectivity index (χ1) is 10.7. The summed E-state index contributed by atoms with van der Waals surface area (Å²) in [6.07, 6.45) is 0. The third-order valence-electron chi connectivity index (χ3n) is 3.21. The van der Waals surface area contributed by atoms with Gasteiger partial charge in [0.1, 0.15) is 0 Å². The lowest BCUT2D eigenvalue weighted by atomic mass is 10.2. The SMILES string of the molecule is O=C(Nc1nc2cc3c(cc2s1)OCO3)c1ccc(Br)cc1. The Bertz CT molecular complexity index is 835. The van der Waals surface area contributed by atoms with Crippen molar-refractivity contribution in [2.24, 2.45) is 0 Å². The number of nitrogens with zero attached hydrogens (tertiary/aromatic N) is 1. The maximum Gasteiger partial charge on any atom is 0.257 e. The van der Waals surface area contributed by atoms with Crippen LogP contribution in [0.4, 0.5) is 5.13 Å². The van der Waals surface area contributed by atoms with E-state index in [9.17, 15) is 4.79 Å². The van der Waals surface area contributed by atoms with Crippen molar-refractivity contribution in [1.29, 1.82) is 0 Å². The molecule has 0 atom stereocenters. The number of nitrogens with one attached hydrogen (secondary N) is 1. The highest BCUT2D eigenvalue weighted by molar-refractivity contribution is 9.10. The third kappa shape index (κ3) is 2.42. The van der Waals surface area contributed by atoms with Gasteiger partial charge in [-0.3, -0.25) is 10.1 Å². The van der Waals surface area contributed by atoms with Gasteiger partial charge in [0.25, 0.3) is 5.91 Å². The van der Waals surface area contributed by atoms with Crippen LogP contribution in [0.3, 0.4) is 0 Å². The van der Waals surface area contributed by atoms with Gasteiger partial charge in [-0.15, -0.1) is 0 Å². The van der Waals surface area contributed by atoms with Gasteiger partial charge in [-0.2, -0.15) is 0 Å². The topological polar surface area (TPSA) is 60.5 Å². The van der Waals surface area contributed by atoms with Gasteiger partial charge in [0.15, 0.2) is 16.6 Å². The van der Waals surface area contributed by atoms with Gasteiger partial charge in [-0.1, -0.05) is 27.3 Å². The zero-order valence-electron chi connectivity index (χ0n) is 11.1. The summed E-state index contributed by atoms with van der Waals surface area (Å²) in [5.41, 5.74) is 1.36. The predicted octanol–water partition coefficient (Wildman–Crippen LogP) is 4.04. The van der Waals surface area contributed by atoms with Crippen molar-refractivity contribution in [2.45, 2.75) is 0 Å². The standard InChI is InChI=1S/C15H9BrN2O3S/c16-9-3-1-8(2-4-9)14(19)18-15-17-10-5-11-12(21-7-20-11)6-13(10)22-15/h1-6H,7H2,(H,17,18,19). The fourth-order valence-electron chi connectivity index (χ4n) is 2.14. The Morgan fingerprint density at radius 1 is 1.18 bits per heavy atom. The average molecular weight is 377 g/mol. The van der Waals surface area contributed by atoms with Gasteiger partial charge in [0.05, 0.1) is 10.2 Å². The van der Waals surface area contributed by atoms with E-state index >= 15 is 0 Å². The molecule has 2 heterocycles. The molecule has 1 aliphatic heterocycles. The molecule has 0 aliphatic carbocycles. The van der Waals surface area contributed by atoms with Gasteiger partial charge in [0.2, 0.25) is 6.79 Å². The van der Waals surface area contributed by atoms with E-state index in [1.54, 1.807) is 12.1 Å². The van der Waals surface area contributed by atoms with Crippen molar-refractivity contribution in [1.82, 2.24) is 4.98 Å². The number of halogens is 1. The summed E-state index contributed by atoms with van der Waals surface area (Å²) in [6.45, 7) is 0.236. The minimum atomic E-state index is -0.188. The molecule has 22 heavy (non-hydrogen) atoms. The van der Waals surface area contributed by atoms with Crippen molar-refractivity contribution in [3.63, 3.8) is 0 Å². The van der Waals surface area contributed by atoms with Crippen molar-refractivity contribution >= 4 is 48.5 Å². The molecule has 0 spiro atoms. The third-order valence-corrected chi connectivity index (χ3v) is 4.67.